The van der Waals surface area contributed by atoms with Crippen LogP contribution in [0.25, 0.3) is 0 Å². The zero-order valence-corrected chi connectivity index (χ0v) is 16.0. The van der Waals surface area contributed by atoms with Gasteiger partial charge in [-0.1, -0.05) is 10.3 Å². The Balaban J connectivity index is 0.00000264. The van der Waals surface area contributed by atoms with Crippen molar-refractivity contribution in [3.63, 3.8) is 0 Å². The second kappa shape index (κ2) is 12.4. The van der Waals surface area contributed by atoms with Crippen molar-refractivity contribution in [3.05, 3.63) is 72.3 Å². The second-order valence-electron chi connectivity index (χ2n) is 4.57. The van der Waals surface area contributed by atoms with Crippen LogP contribution in [0.15, 0.2) is 71.4 Å². The number of hydrogen-bond donors (Lipinski definition) is 2. The molecule has 2 aromatic heterocycles. The summed E-state index contributed by atoms with van der Waals surface area (Å²) < 4.78 is 3.95. The summed E-state index contributed by atoms with van der Waals surface area (Å²) in [6.07, 6.45) is 12.6. The first kappa shape index (κ1) is 21.9. The molecule has 0 spiro atoms. The lowest BCUT2D eigenvalue weighted by atomic mass is 10.3. The number of aromatic nitrogens is 2. The standard InChI is InChI=1S/C16H16N4O2.2BrH/c21-17-12-15-6-5-9-19(14-15)8-3-4-11-20-10-2-1-7-16(20)13-18-22;;/h1-7,9-10,12-14H,8,11H2;2*1H/b4-3+,17-12+;;. The van der Waals surface area contributed by atoms with Crippen molar-refractivity contribution in [2.24, 2.45) is 10.3 Å². The van der Waals surface area contributed by atoms with Crippen molar-refractivity contribution in [1.82, 2.24) is 0 Å². The van der Waals surface area contributed by atoms with E-state index in [2.05, 4.69) is 10.3 Å². The maximum atomic E-state index is 8.64. The maximum absolute atomic E-state index is 8.64. The molecule has 0 aliphatic heterocycles. The SMILES string of the molecule is O/N=C/c1ccc[n+](C/C=C/C[n+]2ccccc2/C=N/O)c1.[Br-].[Br-]. The third kappa shape index (κ3) is 7.01. The second-order valence-corrected chi connectivity index (χ2v) is 4.57. The fourth-order valence-electron chi connectivity index (χ4n) is 2.02. The van der Waals surface area contributed by atoms with Crippen molar-refractivity contribution < 1.29 is 53.5 Å². The van der Waals surface area contributed by atoms with Crippen molar-refractivity contribution in [2.75, 3.05) is 0 Å². The molecule has 0 aliphatic carbocycles. The predicted octanol–water partition coefficient (Wildman–Crippen LogP) is -4.86. The molecule has 2 rings (SSSR count). The van der Waals surface area contributed by atoms with Gasteiger partial charge in [0.2, 0.25) is 5.69 Å². The van der Waals surface area contributed by atoms with Gasteiger partial charge in [0, 0.05) is 18.2 Å². The first-order chi connectivity index (χ1) is 10.8. The predicted molar refractivity (Wildman–Crippen MR) is 81.2 cm³/mol. The Hall–Kier alpha value is -2.06. The van der Waals surface area contributed by atoms with E-state index in [-0.39, 0.29) is 34.0 Å². The number of halogens is 2. The van der Waals surface area contributed by atoms with Gasteiger partial charge in [-0.25, -0.2) is 4.57 Å². The van der Waals surface area contributed by atoms with E-state index in [1.807, 2.05) is 70.2 Å². The fourth-order valence-corrected chi connectivity index (χ4v) is 2.02. The first-order valence-electron chi connectivity index (χ1n) is 6.81. The summed E-state index contributed by atoms with van der Waals surface area (Å²) in [5.41, 5.74) is 1.65. The van der Waals surface area contributed by atoms with E-state index >= 15 is 0 Å². The Morgan fingerprint density at radius 1 is 0.875 bits per heavy atom. The van der Waals surface area contributed by atoms with E-state index in [1.54, 1.807) is 0 Å². The lowest BCUT2D eigenvalue weighted by Crippen LogP contribution is -3.00. The average Bonchev–Trinajstić information content (AvgIpc) is 2.54. The molecular formula is C16H18Br2N4O2. The summed E-state index contributed by atoms with van der Waals surface area (Å²) in [5, 5.41) is 23.3. The van der Waals surface area contributed by atoms with Gasteiger partial charge in [0.1, 0.15) is 6.21 Å². The summed E-state index contributed by atoms with van der Waals surface area (Å²) in [6.45, 7) is 1.39. The van der Waals surface area contributed by atoms with E-state index in [9.17, 15) is 0 Å². The molecule has 0 saturated carbocycles. The molecule has 2 aromatic rings. The Kier molecular flexibility index (Phi) is 11.3. The monoisotopic (exact) mass is 456 g/mol. The molecule has 0 saturated heterocycles. The molecule has 8 heteroatoms. The first-order valence-corrected chi connectivity index (χ1v) is 6.81. The highest BCUT2D eigenvalue weighted by atomic mass is 79.9. The summed E-state index contributed by atoms with van der Waals surface area (Å²) in [5.74, 6) is 0. The number of nitrogens with zero attached hydrogens (tertiary/aromatic N) is 4. The van der Waals surface area contributed by atoms with Gasteiger partial charge in [0.15, 0.2) is 31.7 Å². The number of oxime groups is 2. The molecular weight excluding hydrogens is 440 g/mol. The van der Waals surface area contributed by atoms with Crippen molar-refractivity contribution in [3.8, 4) is 0 Å². The molecule has 0 amide bonds. The maximum Gasteiger partial charge on any atom is 0.227 e. The van der Waals surface area contributed by atoms with Crippen LogP contribution in [0.4, 0.5) is 0 Å². The van der Waals surface area contributed by atoms with Crippen LogP contribution in [-0.4, -0.2) is 22.8 Å². The number of hydrogen-bond acceptors (Lipinski definition) is 4. The summed E-state index contributed by atoms with van der Waals surface area (Å²) >= 11 is 0. The van der Waals surface area contributed by atoms with E-state index in [4.69, 9.17) is 10.4 Å². The summed E-state index contributed by atoms with van der Waals surface area (Å²) in [6, 6.07) is 9.45. The van der Waals surface area contributed by atoms with Gasteiger partial charge < -0.3 is 44.4 Å². The molecule has 0 unspecified atom stereocenters. The van der Waals surface area contributed by atoms with Crippen molar-refractivity contribution in [1.29, 1.82) is 0 Å². The largest absolute Gasteiger partial charge is 1.00 e. The average molecular weight is 458 g/mol. The van der Waals surface area contributed by atoms with E-state index in [0.717, 1.165) is 11.3 Å². The van der Waals surface area contributed by atoms with E-state index in [1.165, 1.54) is 12.4 Å². The zero-order chi connectivity index (χ0) is 15.6. The van der Waals surface area contributed by atoms with Gasteiger partial charge in [-0.05, 0) is 24.3 Å². The highest BCUT2D eigenvalue weighted by Gasteiger charge is 2.05. The topological polar surface area (TPSA) is 72.9 Å². The normalized spacial score (nSPS) is 10.8. The molecule has 24 heavy (non-hydrogen) atoms. The Labute approximate surface area is 161 Å². The quantitative estimate of drug-likeness (QED) is 0.150. The minimum Gasteiger partial charge on any atom is -1.00 e. The van der Waals surface area contributed by atoms with Gasteiger partial charge in [-0.2, -0.15) is 4.57 Å². The van der Waals surface area contributed by atoms with Crippen LogP contribution in [0, 0.1) is 0 Å². The van der Waals surface area contributed by atoms with Crippen LogP contribution < -0.4 is 43.1 Å². The molecule has 128 valence electrons. The molecule has 0 fully saturated rings. The number of pyridine rings is 2. The third-order valence-corrected chi connectivity index (χ3v) is 3.04. The Bertz CT molecular complexity index is 706. The third-order valence-electron chi connectivity index (χ3n) is 3.04. The molecule has 0 bridgehead atoms. The smallest absolute Gasteiger partial charge is 0.227 e. The minimum atomic E-state index is 0. The lowest BCUT2D eigenvalue weighted by molar-refractivity contribution is -0.691. The van der Waals surface area contributed by atoms with Gasteiger partial charge in [-0.15, -0.1) is 0 Å². The fraction of sp³-hybridized carbons (Fsp3) is 0.125. The number of rotatable bonds is 6. The molecule has 0 radical (unpaired) electrons. The highest BCUT2D eigenvalue weighted by molar-refractivity contribution is 5.77. The van der Waals surface area contributed by atoms with E-state index in [0.29, 0.717) is 13.1 Å². The van der Waals surface area contributed by atoms with Gasteiger partial charge in [0.05, 0.1) is 11.8 Å². The van der Waals surface area contributed by atoms with Crippen LogP contribution in [0.5, 0.6) is 0 Å². The van der Waals surface area contributed by atoms with Gasteiger partial charge in [-0.3, -0.25) is 0 Å². The van der Waals surface area contributed by atoms with Crippen LogP contribution in [0.3, 0.4) is 0 Å². The molecule has 0 aromatic carbocycles. The van der Waals surface area contributed by atoms with Crippen LogP contribution in [-0.2, 0) is 13.1 Å². The van der Waals surface area contributed by atoms with Gasteiger partial charge in [0.25, 0.3) is 0 Å². The molecule has 2 N–H and O–H groups in total. The molecule has 6 nitrogen and oxygen atoms in total. The minimum absolute atomic E-state index is 0. The lowest BCUT2D eigenvalue weighted by Gasteiger charge is -1.96. The highest BCUT2D eigenvalue weighted by Crippen LogP contribution is 1.91. The van der Waals surface area contributed by atoms with Crippen LogP contribution in [0.2, 0.25) is 0 Å². The number of allylic oxidation sites excluding steroid dienone is 2. The Morgan fingerprint density at radius 2 is 1.62 bits per heavy atom. The zero-order valence-electron chi connectivity index (χ0n) is 12.8. The van der Waals surface area contributed by atoms with Crippen molar-refractivity contribution in [2.45, 2.75) is 13.1 Å². The molecule has 0 atom stereocenters. The van der Waals surface area contributed by atoms with Crippen molar-refractivity contribution >= 4 is 12.4 Å². The summed E-state index contributed by atoms with van der Waals surface area (Å²) in [4.78, 5) is 0. The van der Waals surface area contributed by atoms with Crippen LogP contribution in [0.1, 0.15) is 11.3 Å². The van der Waals surface area contributed by atoms with E-state index < -0.39 is 0 Å². The van der Waals surface area contributed by atoms with Gasteiger partial charge >= 0.3 is 0 Å². The van der Waals surface area contributed by atoms with Crippen LogP contribution >= 0.6 is 0 Å². The molecule has 2 heterocycles. The summed E-state index contributed by atoms with van der Waals surface area (Å²) in [7, 11) is 0. The molecule has 0 aliphatic rings. The Morgan fingerprint density at radius 3 is 2.38 bits per heavy atom.